The van der Waals surface area contributed by atoms with Crippen LogP contribution < -0.4 is 14.4 Å². The fraction of sp³-hybridized carbons (Fsp3) is 0.500. The summed E-state index contributed by atoms with van der Waals surface area (Å²) in [6.07, 6.45) is 2.45. The summed E-state index contributed by atoms with van der Waals surface area (Å²) in [4.78, 5) is 11.9. The number of nitrogens with zero attached hydrogens (tertiary/aromatic N) is 1. The van der Waals surface area contributed by atoms with Gasteiger partial charge in [-0.3, -0.25) is 9.10 Å². The first-order valence-electron chi connectivity index (χ1n) is 7.00. The topological polar surface area (TPSA) is 75.7 Å². The van der Waals surface area contributed by atoms with E-state index in [1.165, 1.54) is 11.4 Å². The molecule has 3 rings (SSSR count). The number of carbonyl (C=O) groups excluding carboxylic acids is 1. The molecule has 1 saturated heterocycles. The molecule has 2 aliphatic rings. The quantitative estimate of drug-likeness (QED) is 0.916. The Morgan fingerprint density at radius 2 is 2.14 bits per heavy atom. The molecule has 1 aliphatic carbocycles. The minimum absolute atomic E-state index is 0.0327. The van der Waals surface area contributed by atoms with Gasteiger partial charge >= 0.3 is 0 Å². The zero-order valence-corrected chi connectivity index (χ0v) is 12.6. The molecule has 0 spiro atoms. The number of hydrogen-bond donors (Lipinski definition) is 1. The average Bonchev–Trinajstić information content (AvgIpc) is 3.23. The van der Waals surface area contributed by atoms with Gasteiger partial charge in [-0.25, -0.2) is 8.42 Å². The molecule has 7 heteroatoms. The Kier molecular flexibility index (Phi) is 3.52. The second-order valence-electron chi connectivity index (χ2n) is 5.39. The van der Waals surface area contributed by atoms with E-state index in [-0.39, 0.29) is 17.6 Å². The molecule has 0 bridgehead atoms. The lowest BCUT2D eigenvalue weighted by molar-refractivity contribution is -0.117. The maximum absolute atomic E-state index is 12.0. The van der Waals surface area contributed by atoms with Crippen molar-refractivity contribution in [1.29, 1.82) is 0 Å². The highest BCUT2D eigenvalue weighted by molar-refractivity contribution is 7.93. The number of sulfonamides is 1. The van der Waals surface area contributed by atoms with Crippen LogP contribution in [0.1, 0.15) is 19.3 Å². The lowest BCUT2D eigenvalue weighted by Gasteiger charge is -2.19. The van der Waals surface area contributed by atoms with Crippen LogP contribution in [0.2, 0.25) is 0 Å². The third-order valence-electron chi connectivity index (χ3n) is 3.78. The molecule has 114 valence electrons. The lowest BCUT2D eigenvalue weighted by Crippen LogP contribution is -2.25. The van der Waals surface area contributed by atoms with E-state index in [9.17, 15) is 13.2 Å². The molecular formula is C14H18N2O4S. The summed E-state index contributed by atoms with van der Waals surface area (Å²) in [5.41, 5.74) is 1.09. The van der Waals surface area contributed by atoms with E-state index in [0.29, 0.717) is 30.1 Å². The average molecular weight is 310 g/mol. The van der Waals surface area contributed by atoms with Crippen molar-refractivity contribution in [3.63, 3.8) is 0 Å². The van der Waals surface area contributed by atoms with Crippen molar-refractivity contribution in [3.05, 3.63) is 18.2 Å². The van der Waals surface area contributed by atoms with Gasteiger partial charge in [0.05, 0.1) is 24.2 Å². The summed E-state index contributed by atoms with van der Waals surface area (Å²) in [7, 11) is -1.71. The summed E-state index contributed by atoms with van der Waals surface area (Å²) in [5, 5.41) is 2.83. The van der Waals surface area contributed by atoms with Crippen molar-refractivity contribution in [1.82, 2.24) is 0 Å². The van der Waals surface area contributed by atoms with Crippen LogP contribution in [-0.4, -0.2) is 33.7 Å². The molecule has 1 aliphatic heterocycles. The fourth-order valence-electron chi connectivity index (χ4n) is 2.46. The molecule has 1 saturated carbocycles. The SMILES string of the molecule is COc1ccc(N2CCCS2(=O)=O)cc1NC(=O)C1CC1. The molecule has 0 aromatic heterocycles. The van der Waals surface area contributed by atoms with Gasteiger partial charge in [0, 0.05) is 12.5 Å². The van der Waals surface area contributed by atoms with E-state index in [1.807, 2.05) is 0 Å². The van der Waals surface area contributed by atoms with Crippen LogP contribution >= 0.6 is 0 Å². The Bertz CT molecular complexity index is 668. The van der Waals surface area contributed by atoms with Gasteiger partial charge in [0.1, 0.15) is 5.75 Å². The molecule has 1 amide bonds. The van der Waals surface area contributed by atoms with Crippen LogP contribution in [0.25, 0.3) is 0 Å². The van der Waals surface area contributed by atoms with Crippen molar-refractivity contribution in [2.45, 2.75) is 19.3 Å². The predicted molar refractivity (Wildman–Crippen MR) is 80.1 cm³/mol. The standard InChI is InChI=1S/C14H18N2O4S/c1-20-13-6-5-11(16-7-2-8-21(16,18)19)9-12(13)15-14(17)10-3-4-10/h5-6,9-10H,2-4,7-8H2,1H3,(H,15,17). The van der Waals surface area contributed by atoms with Gasteiger partial charge < -0.3 is 10.1 Å². The van der Waals surface area contributed by atoms with Gasteiger partial charge in [-0.15, -0.1) is 0 Å². The van der Waals surface area contributed by atoms with E-state index < -0.39 is 10.0 Å². The van der Waals surface area contributed by atoms with E-state index in [1.54, 1.807) is 18.2 Å². The second-order valence-corrected chi connectivity index (χ2v) is 7.40. The predicted octanol–water partition coefficient (Wildman–Crippen LogP) is 1.58. The minimum atomic E-state index is -3.23. The van der Waals surface area contributed by atoms with E-state index in [2.05, 4.69) is 5.32 Å². The van der Waals surface area contributed by atoms with Crippen LogP contribution in [0.4, 0.5) is 11.4 Å². The number of carbonyl (C=O) groups is 1. The molecule has 6 nitrogen and oxygen atoms in total. The highest BCUT2D eigenvalue weighted by Gasteiger charge is 2.31. The molecule has 2 fully saturated rings. The Balaban J connectivity index is 1.90. The van der Waals surface area contributed by atoms with Crippen molar-refractivity contribution < 1.29 is 17.9 Å². The van der Waals surface area contributed by atoms with Crippen LogP contribution in [-0.2, 0) is 14.8 Å². The number of nitrogens with one attached hydrogen (secondary N) is 1. The molecule has 1 N–H and O–H groups in total. The normalized spacial score (nSPS) is 20.3. The van der Waals surface area contributed by atoms with E-state index in [0.717, 1.165) is 12.8 Å². The molecular weight excluding hydrogens is 292 g/mol. The number of ether oxygens (including phenoxy) is 1. The van der Waals surface area contributed by atoms with Gasteiger partial charge in [-0.05, 0) is 37.5 Å². The van der Waals surface area contributed by atoms with Crippen molar-refractivity contribution in [3.8, 4) is 5.75 Å². The van der Waals surface area contributed by atoms with Gasteiger partial charge in [0.25, 0.3) is 0 Å². The number of methoxy groups -OCH3 is 1. The maximum Gasteiger partial charge on any atom is 0.235 e. The summed E-state index contributed by atoms with van der Waals surface area (Å²) >= 11 is 0. The third kappa shape index (κ3) is 2.83. The maximum atomic E-state index is 12.0. The number of hydrogen-bond acceptors (Lipinski definition) is 4. The van der Waals surface area contributed by atoms with Crippen LogP contribution in [0.15, 0.2) is 18.2 Å². The molecule has 0 unspecified atom stereocenters. The second kappa shape index (κ2) is 5.22. The molecule has 1 aromatic carbocycles. The smallest absolute Gasteiger partial charge is 0.235 e. The van der Waals surface area contributed by atoms with Crippen LogP contribution in [0.3, 0.4) is 0 Å². The molecule has 1 heterocycles. The lowest BCUT2D eigenvalue weighted by atomic mass is 10.2. The van der Waals surface area contributed by atoms with Gasteiger partial charge in [0.15, 0.2) is 0 Å². The molecule has 1 aromatic rings. The number of rotatable bonds is 4. The van der Waals surface area contributed by atoms with Crippen molar-refractivity contribution in [2.75, 3.05) is 29.0 Å². The Hall–Kier alpha value is -1.76. The highest BCUT2D eigenvalue weighted by atomic mass is 32.2. The van der Waals surface area contributed by atoms with Gasteiger partial charge in [0.2, 0.25) is 15.9 Å². The zero-order valence-electron chi connectivity index (χ0n) is 11.8. The van der Waals surface area contributed by atoms with Crippen LogP contribution in [0, 0.1) is 5.92 Å². The first kappa shape index (κ1) is 14.2. The Morgan fingerprint density at radius 3 is 2.71 bits per heavy atom. The zero-order chi connectivity index (χ0) is 15.0. The van der Waals surface area contributed by atoms with Gasteiger partial charge in [-0.2, -0.15) is 0 Å². The molecule has 21 heavy (non-hydrogen) atoms. The Morgan fingerprint density at radius 1 is 1.38 bits per heavy atom. The third-order valence-corrected chi connectivity index (χ3v) is 5.65. The molecule has 0 radical (unpaired) electrons. The first-order chi connectivity index (χ1) is 10.0. The highest BCUT2D eigenvalue weighted by Crippen LogP contribution is 2.35. The van der Waals surface area contributed by atoms with Gasteiger partial charge in [-0.1, -0.05) is 0 Å². The molecule has 0 atom stereocenters. The largest absolute Gasteiger partial charge is 0.495 e. The summed E-state index contributed by atoms with van der Waals surface area (Å²) in [6.45, 7) is 0.477. The summed E-state index contributed by atoms with van der Waals surface area (Å²) < 4.78 is 30.6. The fourth-order valence-corrected chi connectivity index (χ4v) is 4.01. The van der Waals surface area contributed by atoms with E-state index >= 15 is 0 Å². The van der Waals surface area contributed by atoms with E-state index in [4.69, 9.17) is 4.74 Å². The first-order valence-corrected chi connectivity index (χ1v) is 8.61. The summed E-state index contributed by atoms with van der Waals surface area (Å²) in [6, 6.07) is 5.06. The number of anilines is 2. The van der Waals surface area contributed by atoms with Crippen molar-refractivity contribution >= 4 is 27.3 Å². The minimum Gasteiger partial charge on any atom is -0.495 e. The van der Waals surface area contributed by atoms with Crippen molar-refractivity contribution in [2.24, 2.45) is 5.92 Å². The monoisotopic (exact) mass is 310 g/mol. The van der Waals surface area contributed by atoms with Crippen LogP contribution in [0.5, 0.6) is 5.75 Å². The Labute approximate surface area is 124 Å². The number of benzene rings is 1. The number of amides is 1. The summed E-state index contributed by atoms with van der Waals surface area (Å²) in [5.74, 6) is 0.746.